The summed E-state index contributed by atoms with van der Waals surface area (Å²) in [6.07, 6.45) is 2.75. The molecule has 0 aliphatic heterocycles. The monoisotopic (exact) mass is 242 g/mol. The first kappa shape index (κ1) is 12.4. The summed E-state index contributed by atoms with van der Waals surface area (Å²) in [5, 5.41) is 3.39. The first-order valence-corrected chi connectivity index (χ1v) is 6.08. The van der Waals surface area contributed by atoms with Gasteiger partial charge >= 0.3 is 0 Å². The third-order valence-corrected chi connectivity index (χ3v) is 2.83. The van der Waals surface area contributed by atoms with Gasteiger partial charge in [0.15, 0.2) is 0 Å². The highest BCUT2D eigenvalue weighted by Gasteiger charge is 1.99. The summed E-state index contributed by atoms with van der Waals surface area (Å²) in [6, 6.07) is 12.1. The summed E-state index contributed by atoms with van der Waals surface area (Å²) in [5.74, 6) is 0.922. The number of ether oxygens (including phenoxy) is 1. The standard InChI is InChI=1S/C15H18N2O/c1-12-11-14(6-7-15(12)18-2)17-10-8-13-5-3-4-9-16-13/h3-7,9,11,17H,8,10H2,1-2H3. The zero-order valence-electron chi connectivity index (χ0n) is 10.8. The summed E-state index contributed by atoms with van der Waals surface area (Å²) in [6.45, 7) is 2.92. The molecule has 1 N–H and O–H groups in total. The third kappa shape index (κ3) is 3.23. The van der Waals surface area contributed by atoms with Crippen molar-refractivity contribution in [3.63, 3.8) is 0 Å². The zero-order chi connectivity index (χ0) is 12.8. The smallest absolute Gasteiger partial charge is 0.121 e. The lowest BCUT2D eigenvalue weighted by molar-refractivity contribution is 0.412. The maximum Gasteiger partial charge on any atom is 0.121 e. The molecule has 3 heteroatoms. The van der Waals surface area contributed by atoms with E-state index in [0.29, 0.717) is 0 Å². The number of aromatic nitrogens is 1. The Balaban J connectivity index is 1.89. The molecule has 1 heterocycles. The van der Waals surface area contributed by atoms with Crippen molar-refractivity contribution in [3.05, 3.63) is 53.9 Å². The van der Waals surface area contributed by atoms with Crippen LogP contribution >= 0.6 is 0 Å². The van der Waals surface area contributed by atoms with Crippen LogP contribution in [-0.4, -0.2) is 18.6 Å². The van der Waals surface area contributed by atoms with Gasteiger partial charge < -0.3 is 10.1 Å². The average Bonchev–Trinajstić information content (AvgIpc) is 2.40. The first-order valence-electron chi connectivity index (χ1n) is 6.08. The molecule has 0 radical (unpaired) electrons. The number of aryl methyl sites for hydroxylation is 1. The van der Waals surface area contributed by atoms with Gasteiger partial charge in [-0.15, -0.1) is 0 Å². The van der Waals surface area contributed by atoms with Gasteiger partial charge in [0.1, 0.15) is 5.75 Å². The third-order valence-electron chi connectivity index (χ3n) is 2.83. The molecule has 0 fully saturated rings. The predicted molar refractivity (Wildman–Crippen MR) is 74.2 cm³/mol. The molecule has 0 amide bonds. The van der Waals surface area contributed by atoms with Gasteiger partial charge in [-0.25, -0.2) is 0 Å². The van der Waals surface area contributed by atoms with E-state index in [2.05, 4.69) is 16.4 Å². The maximum absolute atomic E-state index is 5.24. The molecule has 0 aliphatic rings. The molecule has 18 heavy (non-hydrogen) atoms. The fraction of sp³-hybridized carbons (Fsp3) is 0.267. The van der Waals surface area contributed by atoms with Crippen molar-refractivity contribution in [2.75, 3.05) is 19.0 Å². The minimum absolute atomic E-state index is 0.878. The molecule has 0 spiro atoms. The Bertz CT molecular complexity index is 497. The second-order valence-corrected chi connectivity index (χ2v) is 4.18. The van der Waals surface area contributed by atoms with Crippen molar-refractivity contribution in [2.24, 2.45) is 0 Å². The summed E-state index contributed by atoms with van der Waals surface area (Å²) in [4.78, 5) is 4.29. The van der Waals surface area contributed by atoms with Crippen LogP contribution in [-0.2, 0) is 6.42 Å². The molecular formula is C15H18N2O. The number of methoxy groups -OCH3 is 1. The fourth-order valence-corrected chi connectivity index (χ4v) is 1.87. The lowest BCUT2D eigenvalue weighted by atomic mass is 10.2. The van der Waals surface area contributed by atoms with Gasteiger partial charge in [-0.3, -0.25) is 4.98 Å². The van der Waals surface area contributed by atoms with Crippen LogP contribution in [0.2, 0.25) is 0 Å². The summed E-state index contributed by atoms with van der Waals surface area (Å²) < 4.78 is 5.24. The van der Waals surface area contributed by atoms with E-state index in [-0.39, 0.29) is 0 Å². The lowest BCUT2D eigenvalue weighted by Gasteiger charge is -2.09. The molecule has 0 atom stereocenters. The van der Waals surface area contributed by atoms with Gasteiger partial charge in [0.05, 0.1) is 7.11 Å². The Kier molecular flexibility index (Phi) is 4.18. The molecule has 0 aliphatic carbocycles. The molecule has 3 nitrogen and oxygen atoms in total. The van der Waals surface area contributed by atoms with E-state index in [4.69, 9.17) is 4.74 Å². The number of hydrogen-bond donors (Lipinski definition) is 1. The van der Waals surface area contributed by atoms with Gasteiger partial charge in [0.2, 0.25) is 0 Å². The van der Waals surface area contributed by atoms with Crippen LogP contribution in [0.15, 0.2) is 42.6 Å². The second-order valence-electron chi connectivity index (χ2n) is 4.18. The van der Waals surface area contributed by atoms with Crippen LogP contribution in [0.3, 0.4) is 0 Å². The van der Waals surface area contributed by atoms with Gasteiger partial charge in [-0.1, -0.05) is 6.07 Å². The SMILES string of the molecule is COc1ccc(NCCc2ccccn2)cc1C. The minimum atomic E-state index is 0.878. The molecule has 2 aromatic rings. The largest absolute Gasteiger partial charge is 0.496 e. The van der Waals surface area contributed by atoms with E-state index in [1.165, 1.54) is 0 Å². The molecule has 0 saturated heterocycles. The molecule has 0 unspecified atom stereocenters. The Hall–Kier alpha value is -2.03. The number of benzene rings is 1. The van der Waals surface area contributed by atoms with Crippen molar-refractivity contribution < 1.29 is 4.74 Å². The van der Waals surface area contributed by atoms with E-state index in [9.17, 15) is 0 Å². The fourth-order valence-electron chi connectivity index (χ4n) is 1.87. The van der Waals surface area contributed by atoms with Gasteiger partial charge in [-0.2, -0.15) is 0 Å². The van der Waals surface area contributed by atoms with Gasteiger partial charge in [0, 0.05) is 30.5 Å². The van der Waals surface area contributed by atoms with Crippen molar-refractivity contribution in [1.82, 2.24) is 4.98 Å². The van der Waals surface area contributed by atoms with Crippen LogP contribution < -0.4 is 10.1 Å². The van der Waals surface area contributed by atoms with Crippen molar-refractivity contribution in [1.29, 1.82) is 0 Å². The van der Waals surface area contributed by atoms with Crippen LogP contribution in [0.5, 0.6) is 5.75 Å². The Morgan fingerprint density at radius 2 is 2.11 bits per heavy atom. The van der Waals surface area contributed by atoms with Gasteiger partial charge in [0.25, 0.3) is 0 Å². The summed E-state index contributed by atoms with van der Waals surface area (Å²) in [5.41, 5.74) is 3.36. The van der Waals surface area contributed by atoms with Crippen molar-refractivity contribution in [3.8, 4) is 5.75 Å². The van der Waals surface area contributed by atoms with Crippen LogP contribution in [0.4, 0.5) is 5.69 Å². The van der Waals surface area contributed by atoms with E-state index in [1.807, 2.05) is 43.5 Å². The normalized spacial score (nSPS) is 10.1. The maximum atomic E-state index is 5.24. The van der Waals surface area contributed by atoms with Crippen LogP contribution in [0.25, 0.3) is 0 Å². The highest BCUT2D eigenvalue weighted by molar-refractivity contribution is 5.50. The summed E-state index contributed by atoms with van der Waals surface area (Å²) >= 11 is 0. The van der Waals surface area contributed by atoms with Crippen molar-refractivity contribution in [2.45, 2.75) is 13.3 Å². The van der Waals surface area contributed by atoms with Crippen LogP contribution in [0, 0.1) is 6.92 Å². The highest BCUT2D eigenvalue weighted by atomic mass is 16.5. The average molecular weight is 242 g/mol. The molecule has 0 bridgehead atoms. The molecular weight excluding hydrogens is 224 g/mol. The molecule has 2 rings (SSSR count). The quantitative estimate of drug-likeness (QED) is 0.875. The number of pyridine rings is 1. The minimum Gasteiger partial charge on any atom is -0.496 e. The molecule has 1 aromatic heterocycles. The molecule has 0 saturated carbocycles. The number of anilines is 1. The van der Waals surface area contributed by atoms with Crippen LogP contribution in [0.1, 0.15) is 11.3 Å². The lowest BCUT2D eigenvalue weighted by Crippen LogP contribution is -2.06. The van der Waals surface area contributed by atoms with E-state index in [0.717, 1.165) is 35.7 Å². The molecule has 1 aromatic carbocycles. The van der Waals surface area contributed by atoms with E-state index in [1.54, 1.807) is 7.11 Å². The molecule has 94 valence electrons. The Morgan fingerprint density at radius 3 is 2.78 bits per heavy atom. The second kappa shape index (κ2) is 6.05. The first-order chi connectivity index (χ1) is 8.79. The number of hydrogen-bond acceptors (Lipinski definition) is 3. The Morgan fingerprint density at radius 1 is 1.22 bits per heavy atom. The van der Waals surface area contributed by atoms with E-state index < -0.39 is 0 Å². The summed E-state index contributed by atoms with van der Waals surface area (Å²) in [7, 11) is 1.69. The zero-order valence-corrected chi connectivity index (χ0v) is 10.8. The highest BCUT2D eigenvalue weighted by Crippen LogP contribution is 2.21. The number of rotatable bonds is 5. The topological polar surface area (TPSA) is 34.1 Å². The number of nitrogens with zero attached hydrogens (tertiary/aromatic N) is 1. The predicted octanol–water partition coefficient (Wildman–Crippen LogP) is 3.05. The van der Waals surface area contributed by atoms with Gasteiger partial charge in [-0.05, 0) is 42.8 Å². The van der Waals surface area contributed by atoms with E-state index >= 15 is 0 Å². The number of nitrogens with one attached hydrogen (secondary N) is 1. The van der Waals surface area contributed by atoms with Crippen molar-refractivity contribution >= 4 is 5.69 Å². The Labute approximate surface area is 108 Å².